The van der Waals surface area contributed by atoms with E-state index in [4.69, 9.17) is 39.4 Å². The van der Waals surface area contributed by atoms with E-state index in [1.165, 1.54) is 31.3 Å². The number of aliphatic hydroxyl groups is 4. The van der Waals surface area contributed by atoms with E-state index in [0.717, 1.165) is 45.1 Å². The fourth-order valence-electron chi connectivity index (χ4n) is 2.43. The molecular weight excluding hydrogens is 528 g/mol. The molecule has 246 valence electrons. The van der Waals surface area contributed by atoms with Crippen LogP contribution in [0.4, 0.5) is 0 Å². The second-order valence-electron chi connectivity index (χ2n) is 8.64. The van der Waals surface area contributed by atoms with Crippen LogP contribution in [0.15, 0.2) is 64.2 Å². The van der Waals surface area contributed by atoms with Gasteiger partial charge < -0.3 is 44.1 Å². The van der Waals surface area contributed by atoms with E-state index in [1.807, 2.05) is 20.8 Å². The summed E-state index contributed by atoms with van der Waals surface area (Å²) in [5, 5.41) is 33.9. The van der Waals surface area contributed by atoms with Gasteiger partial charge in [0.15, 0.2) is 0 Å². The fourth-order valence-corrected chi connectivity index (χ4v) is 2.43. The molecular formula is C32H64O9. The highest BCUT2D eigenvalue weighted by atomic mass is 16.5. The molecule has 4 atom stereocenters. The molecule has 4 N–H and O–H groups in total. The molecule has 0 aliphatic carbocycles. The lowest BCUT2D eigenvalue weighted by molar-refractivity contribution is 0.138. The van der Waals surface area contributed by atoms with Crippen LogP contribution in [0, 0.1) is 0 Å². The van der Waals surface area contributed by atoms with Gasteiger partial charge in [0.25, 0.3) is 0 Å². The molecule has 0 radical (unpaired) electrons. The molecule has 9 nitrogen and oxygen atoms in total. The Hall–Kier alpha value is -2.46. The zero-order valence-electron chi connectivity index (χ0n) is 26.8. The second-order valence-corrected chi connectivity index (χ2v) is 8.64. The molecule has 41 heavy (non-hydrogen) atoms. The van der Waals surface area contributed by atoms with Crippen molar-refractivity contribution in [2.75, 3.05) is 33.0 Å². The van der Waals surface area contributed by atoms with Gasteiger partial charge in [0.05, 0.1) is 75.5 Å². The molecule has 0 saturated carbocycles. The minimum atomic E-state index is -0.257. The van der Waals surface area contributed by atoms with E-state index >= 15 is 0 Å². The van der Waals surface area contributed by atoms with Crippen molar-refractivity contribution in [3.8, 4) is 0 Å². The van der Waals surface area contributed by atoms with Crippen molar-refractivity contribution in [2.24, 2.45) is 0 Å². The van der Waals surface area contributed by atoms with Gasteiger partial charge >= 0.3 is 0 Å². The van der Waals surface area contributed by atoms with Crippen molar-refractivity contribution in [3.05, 3.63) is 64.2 Å². The minimum Gasteiger partial charge on any atom is -0.502 e. The van der Waals surface area contributed by atoms with Crippen LogP contribution >= 0.6 is 0 Å². The molecule has 0 aromatic heterocycles. The van der Waals surface area contributed by atoms with Crippen molar-refractivity contribution < 1.29 is 44.1 Å². The molecule has 0 spiro atoms. The lowest BCUT2D eigenvalue weighted by atomic mass is 10.2. The highest BCUT2D eigenvalue weighted by molar-refractivity contribution is 4.58. The summed E-state index contributed by atoms with van der Waals surface area (Å²) < 4.78 is 24.5. The Kier molecular flexibility index (Phi) is 55.7. The van der Waals surface area contributed by atoms with Crippen LogP contribution in [0.1, 0.15) is 86.0 Å². The van der Waals surface area contributed by atoms with Gasteiger partial charge in [0.1, 0.15) is 0 Å². The van der Waals surface area contributed by atoms with Crippen LogP contribution in [-0.4, -0.2) is 77.9 Å². The second kappa shape index (κ2) is 47.3. The van der Waals surface area contributed by atoms with E-state index in [9.17, 15) is 0 Å². The minimum absolute atomic E-state index is 0.185. The molecule has 4 unspecified atom stereocenters. The summed E-state index contributed by atoms with van der Waals surface area (Å²) in [5.41, 5.74) is 0. The molecule has 0 heterocycles. The highest BCUT2D eigenvalue weighted by Gasteiger charge is 1.98. The summed E-state index contributed by atoms with van der Waals surface area (Å²) in [6.45, 7) is 29.0. The number of hydrogen-bond donors (Lipinski definition) is 4. The normalized spacial score (nSPS) is 11.9. The third-order valence-electron chi connectivity index (χ3n) is 4.48. The van der Waals surface area contributed by atoms with Crippen LogP contribution < -0.4 is 0 Å². The molecule has 0 aliphatic rings. The third-order valence-corrected chi connectivity index (χ3v) is 4.48. The Morgan fingerprint density at radius 2 is 0.878 bits per heavy atom. The third kappa shape index (κ3) is 72.7. The molecule has 0 rings (SSSR count). The summed E-state index contributed by atoms with van der Waals surface area (Å²) >= 11 is 0. The van der Waals surface area contributed by atoms with E-state index in [1.54, 1.807) is 13.8 Å². The summed E-state index contributed by atoms with van der Waals surface area (Å²) in [6.07, 6.45) is 13.9. The Balaban J connectivity index is -0.000000135. The van der Waals surface area contributed by atoms with Crippen molar-refractivity contribution in [1.29, 1.82) is 0 Å². The van der Waals surface area contributed by atoms with Gasteiger partial charge in [-0.1, -0.05) is 32.9 Å². The lowest BCUT2D eigenvalue weighted by Crippen LogP contribution is -2.04. The lowest BCUT2D eigenvalue weighted by Gasteiger charge is -2.09. The van der Waals surface area contributed by atoms with Crippen molar-refractivity contribution in [1.82, 2.24) is 0 Å². The van der Waals surface area contributed by atoms with Gasteiger partial charge in [-0.3, -0.25) is 0 Å². The maximum atomic E-state index is 8.77. The quantitative estimate of drug-likeness (QED) is 0.0834. The van der Waals surface area contributed by atoms with Crippen LogP contribution in [0.2, 0.25) is 0 Å². The highest BCUT2D eigenvalue weighted by Crippen LogP contribution is 2.01. The number of rotatable bonds is 22. The van der Waals surface area contributed by atoms with Gasteiger partial charge in [0, 0.05) is 13.2 Å². The van der Waals surface area contributed by atoms with Crippen LogP contribution in [0.3, 0.4) is 0 Å². The number of aliphatic hydroxyl groups excluding tert-OH is 4. The first-order valence-electron chi connectivity index (χ1n) is 14.4. The zero-order chi connectivity index (χ0) is 32.6. The van der Waals surface area contributed by atoms with Crippen molar-refractivity contribution in [2.45, 2.75) is 110 Å². The predicted octanol–water partition coefficient (Wildman–Crippen LogP) is 6.40. The van der Waals surface area contributed by atoms with E-state index in [0.29, 0.717) is 26.1 Å². The number of hydrogen-bond acceptors (Lipinski definition) is 9. The molecule has 0 aliphatic heterocycles. The van der Waals surface area contributed by atoms with E-state index < -0.39 is 0 Å². The average Bonchev–Trinajstić information content (AvgIpc) is 2.93. The van der Waals surface area contributed by atoms with Gasteiger partial charge in [0.2, 0.25) is 0 Å². The topological polar surface area (TPSA) is 127 Å². The Morgan fingerprint density at radius 3 is 1.15 bits per heavy atom. The van der Waals surface area contributed by atoms with Crippen molar-refractivity contribution in [3.63, 3.8) is 0 Å². The molecule has 0 fully saturated rings. The SMILES string of the molecule is C=COC(C)CCCO.C=COCC.C=COCCCC(C)O.C=COCCCC(C)OC=C.CC(O)CCCO. The van der Waals surface area contributed by atoms with Gasteiger partial charge in [-0.2, -0.15) is 0 Å². The number of ether oxygens (including phenoxy) is 5. The van der Waals surface area contributed by atoms with E-state index in [2.05, 4.69) is 37.6 Å². The van der Waals surface area contributed by atoms with Crippen LogP contribution in [0.25, 0.3) is 0 Å². The summed E-state index contributed by atoms with van der Waals surface area (Å²) in [7, 11) is 0. The van der Waals surface area contributed by atoms with Gasteiger partial charge in [-0.15, -0.1) is 0 Å². The maximum absolute atomic E-state index is 8.77. The molecule has 0 aromatic rings. The molecule has 0 amide bonds. The van der Waals surface area contributed by atoms with Gasteiger partial charge in [-0.05, 0) is 86.0 Å². The average molecular weight is 593 g/mol. The first kappa shape index (κ1) is 48.3. The monoisotopic (exact) mass is 592 g/mol. The van der Waals surface area contributed by atoms with Gasteiger partial charge in [-0.25, -0.2) is 0 Å². The molecule has 0 bridgehead atoms. The molecule has 0 saturated heterocycles. The summed E-state index contributed by atoms with van der Waals surface area (Å²) in [5.74, 6) is 0. The van der Waals surface area contributed by atoms with E-state index in [-0.39, 0.29) is 37.6 Å². The Labute approximate surface area is 251 Å². The summed E-state index contributed by atoms with van der Waals surface area (Å²) in [4.78, 5) is 0. The zero-order valence-corrected chi connectivity index (χ0v) is 26.8. The van der Waals surface area contributed by atoms with Crippen LogP contribution in [-0.2, 0) is 23.7 Å². The molecule has 9 heteroatoms. The largest absolute Gasteiger partial charge is 0.502 e. The summed E-state index contributed by atoms with van der Waals surface area (Å²) in [6, 6.07) is 0. The Bertz CT molecular complexity index is 511. The maximum Gasteiger partial charge on any atom is 0.0951 e. The smallest absolute Gasteiger partial charge is 0.0951 e. The Morgan fingerprint density at radius 1 is 0.537 bits per heavy atom. The predicted molar refractivity (Wildman–Crippen MR) is 170 cm³/mol. The van der Waals surface area contributed by atoms with Crippen molar-refractivity contribution >= 4 is 0 Å². The first-order valence-corrected chi connectivity index (χ1v) is 14.4. The fraction of sp³-hybridized carbons (Fsp3) is 0.688. The van der Waals surface area contributed by atoms with Crippen LogP contribution in [0.5, 0.6) is 0 Å². The standard InChI is InChI=1S/C9H16O2.2C7H14O2.C5H12O2.C4H8O/c1-4-10-8-6-7-9(3)11-5-2;1-3-9-6-4-5-7(2)8;1-3-9-7(2)5-4-6-8;1-5(7)3-2-4-6;1-3-5-4-2/h4-5,9H,1-2,6-8H2,3H3;2*3,7-8H,1,4-6H2,2H3;5-7H,2-4H2,1H3;3H,1,4H2,2H3. The molecule has 0 aromatic carbocycles. The first-order chi connectivity index (χ1) is 19.6.